The molecule has 0 atom stereocenters. The SMILES string of the molecule is C=CC(=O)Oc1ccc(SP(=S)(Sc2ccc(OC(=O)C=C)cc2)c2ccccc2)cc1. The second-order valence-corrected chi connectivity index (χ2v) is 17.1. The van der Waals surface area contributed by atoms with E-state index in [-0.39, 0.29) is 0 Å². The highest BCUT2D eigenvalue weighted by Gasteiger charge is 2.23. The van der Waals surface area contributed by atoms with Gasteiger partial charge in [0.15, 0.2) is 0 Å². The van der Waals surface area contributed by atoms with E-state index in [0.717, 1.165) is 27.2 Å². The second kappa shape index (κ2) is 11.3. The van der Waals surface area contributed by atoms with E-state index in [2.05, 4.69) is 13.2 Å². The molecule has 0 radical (unpaired) electrons. The number of ether oxygens (including phenoxy) is 2. The fourth-order valence-corrected chi connectivity index (χ4v) is 12.0. The summed E-state index contributed by atoms with van der Waals surface area (Å²) in [4.78, 5) is 24.7. The summed E-state index contributed by atoms with van der Waals surface area (Å²) in [7, 11) is 0. The predicted molar refractivity (Wildman–Crippen MR) is 137 cm³/mol. The van der Waals surface area contributed by atoms with Crippen LogP contribution in [-0.2, 0) is 21.4 Å². The smallest absolute Gasteiger partial charge is 0.335 e. The molecule has 3 aromatic rings. The molecule has 0 heterocycles. The van der Waals surface area contributed by atoms with Gasteiger partial charge in [0.25, 0.3) is 0 Å². The molecule has 0 fully saturated rings. The van der Waals surface area contributed by atoms with E-state index in [1.807, 2.05) is 54.6 Å². The van der Waals surface area contributed by atoms with Gasteiger partial charge in [0, 0.05) is 27.2 Å². The van der Waals surface area contributed by atoms with Gasteiger partial charge in [0.2, 0.25) is 0 Å². The normalized spacial score (nSPS) is 10.8. The Bertz CT molecular complexity index is 1090. The lowest BCUT2D eigenvalue weighted by Gasteiger charge is -2.21. The van der Waals surface area contributed by atoms with Gasteiger partial charge in [0.05, 0.1) is 4.44 Å². The molecule has 0 aliphatic heterocycles. The van der Waals surface area contributed by atoms with Crippen molar-refractivity contribution in [2.45, 2.75) is 9.79 Å². The maximum atomic E-state index is 11.4. The van der Waals surface area contributed by atoms with Crippen molar-refractivity contribution in [3.63, 3.8) is 0 Å². The van der Waals surface area contributed by atoms with Gasteiger partial charge < -0.3 is 9.47 Å². The highest BCUT2D eigenvalue weighted by molar-refractivity contribution is 9.02. The summed E-state index contributed by atoms with van der Waals surface area (Å²) in [5, 5.41) is 1.08. The van der Waals surface area contributed by atoms with Crippen LogP contribution in [0.15, 0.2) is 114 Å². The zero-order valence-electron chi connectivity index (χ0n) is 16.9. The van der Waals surface area contributed by atoms with Gasteiger partial charge in [-0.1, -0.05) is 78.1 Å². The van der Waals surface area contributed by atoms with Crippen LogP contribution >= 0.6 is 27.2 Å². The Morgan fingerprint density at radius 1 is 0.719 bits per heavy atom. The minimum absolute atomic E-state index is 0.449. The zero-order chi connectivity index (χ0) is 23.0. The highest BCUT2D eigenvalue weighted by atomic mass is 33.2. The van der Waals surface area contributed by atoms with Crippen molar-refractivity contribution in [3.05, 3.63) is 104 Å². The Morgan fingerprint density at radius 3 is 1.50 bits per heavy atom. The third kappa shape index (κ3) is 6.71. The molecule has 162 valence electrons. The molecule has 0 bridgehead atoms. The van der Waals surface area contributed by atoms with Crippen molar-refractivity contribution < 1.29 is 19.1 Å². The van der Waals surface area contributed by atoms with Crippen LogP contribution < -0.4 is 14.8 Å². The molecule has 0 aliphatic carbocycles. The van der Waals surface area contributed by atoms with Gasteiger partial charge in [-0.05, 0) is 48.5 Å². The summed E-state index contributed by atoms with van der Waals surface area (Å²) in [5.41, 5.74) is 0. The van der Waals surface area contributed by atoms with Gasteiger partial charge >= 0.3 is 11.9 Å². The molecule has 3 rings (SSSR count). The summed E-state index contributed by atoms with van der Waals surface area (Å²) < 4.78 is 8.10. The average Bonchev–Trinajstić information content (AvgIpc) is 2.82. The minimum Gasteiger partial charge on any atom is -0.423 e. The maximum absolute atomic E-state index is 11.4. The van der Waals surface area contributed by atoms with Crippen molar-refractivity contribution in [2.24, 2.45) is 0 Å². The van der Waals surface area contributed by atoms with E-state index in [0.29, 0.717) is 11.5 Å². The Balaban J connectivity index is 1.83. The third-order valence-electron chi connectivity index (χ3n) is 3.94. The van der Waals surface area contributed by atoms with Crippen LogP contribution in [0.2, 0.25) is 0 Å². The van der Waals surface area contributed by atoms with Crippen molar-refractivity contribution in [3.8, 4) is 11.5 Å². The standard InChI is InChI=1S/C24H19O4PS3/c1-3-23(25)27-18-10-14-21(15-11-18)31-29(30,20-8-6-5-7-9-20)32-22-16-12-19(13-17-22)28-24(26)4-2/h3-17H,1-2H2. The summed E-state index contributed by atoms with van der Waals surface area (Å²) in [6, 6.07) is 24.5. The Hall–Kier alpha value is -2.57. The Kier molecular flexibility index (Phi) is 8.53. The lowest BCUT2D eigenvalue weighted by atomic mass is 10.3. The number of hydrogen-bond acceptors (Lipinski definition) is 7. The highest BCUT2D eigenvalue weighted by Crippen LogP contribution is 2.72. The average molecular weight is 499 g/mol. The molecule has 3 aromatic carbocycles. The molecule has 32 heavy (non-hydrogen) atoms. The van der Waals surface area contributed by atoms with Gasteiger partial charge in [-0.3, -0.25) is 0 Å². The van der Waals surface area contributed by atoms with Crippen LogP contribution in [0.3, 0.4) is 0 Å². The molecule has 0 unspecified atom stereocenters. The fourth-order valence-electron chi connectivity index (χ4n) is 2.46. The number of carbonyl (C=O) groups is 2. The predicted octanol–water partition coefficient (Wildman–Crippen LogP) is 6.39. The van der Waals surface area contributed by atoms with Crippen LogP contribution in [0.1, 0.15) is 0 Å². The molecule has 4 nitrogen and oxygen atoms in total. The number of esters is 2. The molecule has 0 aromatic heterocycles. The first-order valence-electron chi connectivity index (χ1n) is 9.35. The lowest BCUT2D eigenvalue weighted by molar-refractivity contribution is -0.129. The number of carbonyl (C=O) groups excluding carboxylic acids is 2. The Morgan fingerprint density at radius 2 is 1.12 bits per heavy atom. The molecular weight excluding hydrogens is 479 g/mol. The molecule has 0 N–H and O–H groups in total. The molecule has 0 saturated carbocycles. The Labute approximate surface area is 200 Å². The van der Waals surface area contributed by atoms with E-state index < -0.39 is 16.4 Å². The second-order valence-electron chi connectivity index (χ2n) is 6.21. The van der Waals surface area contributed by atoms with E-state index in [9.17, 15) is 9.59 Å². The summed E-state index contributed by atoms with van der Waals surface area (Å²) in [6.07, 6.45) is 2.25. The van der Waals surface area contributed by atoms with Crippen LogP contribution in [0.25, 0.3) is 0 Å². The summed E-state index contributed by atoms with van der Waals surface area (Å²) >= 11 is 9.46. The van der Waals surface area contributed by atoms with E-state index in [1.54, 1.807) is 47.0 Å². The van der Waals surface area contributed by atoms with Crippen LogP contribution in [0.5, 0.6) is 11.5 Å². The quantitative estimate of drug-likeness (QED) is 0.147. The van der Waals surface area contributed by atoms with Crippen LogP contribution in [0, 0.1) is 0 Å². The summed E-state index contributed by atoms with van der Waals surface area (Å²) in [6.45, 7) is 6.80. The number of benzene rings is 3. The molecular formula is C24H19O4PS3. The molecule has 8 heteroatoms. The van der Waals surface area contributed by atoms with E-state index in [4.69, 9.17) is 21.3 Å². The van der Waals surface area contributed by atoms with E-state index in [1.165, 1.54) is 0 Å². The van der Waals surface area contributed by atoms with Crippen molar-refractivity contribution >= 4 is 56.3 Å². The van der Waals surface area contributed by atoms with Crippen molar-refractivity contribution in [1.29, 1.82) is 0 Å². The lowest BCUT2D eigenvalue weighted by Crippen LogP contribution is -2.03. The van der Waals surface area contributed by atoms with Gasteiger partial charge in [-0.15, -0.1) is 0 Å². The molecule has 0 amide bonds. The van der Waals surface area contributed by atoms with Crippen LogP contribution in [0.4, 0.5) is 0 Å². The first-order valence-corrected chi connectivity index (χ1v) is 15.0. The van der Waals surface area contributed by atoms with Gasteiger partial charge in [0.1, 0.15) is 11.5 Å². The van der Waals surface area contributed by atoms with E-state index >= 15 is 0 Å². The van der Waals surface area contributed by atoms with Crippen molar-refractivity contribution in [1.82, 2.24) is 0 Å². The molecule has 0 aliphatic rings. The fraction of sp³-hybridized carbons (Fsp3) is 0. The third-order valence-corrected chi connectivity index (χ3v) is 13.6. The van der Waals surface area contributed by atoms with Crippen molar-refractivity contribution in [2.75, 3.05) is 0 Å². The number of hydrogen-bond donors (Lipinski definition) is 0. The molecule has 0 spiro atoms. The minimum atomic E-state index is -2.19. The van der Waals surface area contributed by atoms with Crippen LogP contribution in [-0.4, -0.2) is 11.9 Å². The maximum Gasteiger partial charge on any atom is 0.335 e. The summed E-state index contributed by atoms with van der Waals surface area (Å²) in [5.74, 6) is -0.107. The van der Waals surface area contributed by atoms with Gasteiger partial charge in [-0.2, -0.15) is 0 Å². The first-order chi connectivity index (χ1) is 15.4. The first kappa shape index (κ1) is 24.1. The molecule has 0 saturated heterocycles. The zero-order valence-corrected chi connectivity index (χ0v) is 20.2. The van der Waals surface area contributed by atoms with Gasteiger partial charge in [-0.25, -0.2) is 9.59 Å². The largest absolute Gasteiger partial charge is 0.423 e. The number of rotatable bonds is 9. The topological polar surface area (TPSA) is 52.6 Å². The monoisotopic (exact) mass is 498 g/mol.